The van der Waals surface area contributed by atoms with Crippen LogP contribution in [0.25, 0.3) is 0 Å². The molecule has 0 saturated heterocycles. The fourth-order valence-electron chi connectivity index (χ4n) is 2.40. The van der Waals surface area contributed by atoms with Crippen LogP contribution >= 0.6 is 11.3 Å². The van der Waals surface area contributed by atoms with Crippen molar-refractivity contribution >= 4 is 11.3 Å². The molecule has 18 heavy (non-hydrogen) atoms. The first-order valence-electron chi connectivity index (χ1n) is 6.91. The van der Waals surface area contributed by atoms with Crippen molar-refractivity contribution in [2.75, 3.05) is 7.11 Å². The number of methoxy groups -OCH3 is 1. The van der Waals surface area contributed by atoms with Crippen molar-refractivity contribution in [1.29, 1.82) is 0 Å². The predicted molar refractivity (Wildman–Crippen MR) is 76.1 cm³/mol. The molecule has 1 aromatic rings. The second kappa shape index (κ2) is 6.64. The van der Waals surface area contributed by atoms with Crippen LogP contribution in [0.2, 0.25) is 0 Å². The Balaban J connectivity index is 1.83. The fourth-order valence-corrected chi connectivity index (χ4v) is 3.43. The Hall–Kier alpha value is -0.450. The lowest BCUT2D eigenvalue weighted by Gasteiger charge is -2.19. The van der Waals surface area contributed by atoms with E-state index in [0.29, 0.717) is 6.04 Å². The molecule has 1 saturated carbocycles. The second-order valence-corrected chi connectivity index (χ2v) is 6.40. The van der Waals surface area contributed by atoms with Crippen LogP contribution in [0.5, 0.6) is 0 Å². The van der Waals surface area contributed by atoms with E-state index in [9.17, 15) is 0 Å². The molecule has 0 aromatic carbocycles. The molecule has 1 aliphatic rings. The van der Waals surface area contributed by atoms with E-state index in [2.05, 4.69) is 24.1 Å². The number of ether oxygens (including phenoxy) is 1. The summed E-state index contributed by atoms with van der Waals surface area (Å²) in [5, 5.41) is 4.84. The molecule has 4 heteroatoms. The summed E-state index contributed by atoms with van der Waals surface area (Å²) in [6.07, 6.45) is 7.69. The minimum absolute atomic E-state index is 0.243. The second-order valence-electron chi connectivity index (χ2n) is 5.26. The molecule has 2 rings (SSSR count). The Kier molecular flexibility index (Phi) is 5.15. The zero-order valence-corrected chi connectivity index (χ0v) is 12.4. The number of hydrogen-bond donors (Lipinski definition) is 1. The van der Waals surface area contributed by atoms with Gasteiger partial charge in [0.15, 0.2) is 0 Å². The van der Waals surface area contributed by atoms with Crippen LogP contribution < -0.4 is 5.32 Å². The maximum atomic E-state index is 5.31. The zero-order valence-electron chi connectivity index (χ0n) is 11.6. The predicted octanol–water partition coefficient (Wildman–Crippen LogP) is 3.31. The number of nitrogens with one attached hydrogen (secondary N) is 1. The molecule has 1 aromatic heterocycles. The minimum Gasteiger partial charge on any atom is -0.380 e. The summed E-state index contributed by atoms with van der Waals surface area (Å²) >= 11 is 1.88. The molecule has 0 aliphatic heterocycles. The van der Waals surface area contributed by atoms with Gasteiger partial charge in [-0.15, -0.1) is 11.3 Å². The summed E-state index contributed by atoms with van der Waals surface area (Å²) in [7, 11) is 1.76. The van der Waals surface area contributed by atoms with Crippen molar-refractivity contribution in [3.05, 3.63) is 16.1 Å². The van der Waals surface area contributed by atoms with Gasteiger partial charge in [-0.1, -0.05) is 12.8 Å². The number of hydrogen-bond acceptors (Lipinski definition) is 4. The highest BCUT2D eigenvalue weighted by Crippen LogP contribution is 2.35. The van der Waals surface area contributed by atoms with Crippen molar-refractivity contribution in [3.8, 4) is 0 Å². The maximum Gasteiger partial charge on any atom is 0.0959 e. The Morgan fingerprint density at radius 1 is 1.44 bits per heavy atom. The van der Waals surface area contributed by atoms with Gasteiger partial charge in [-0.2, -0.15) is 0 Å². The van der Waals surface area contributed by atoms with Gasteiger partial charge < -0.3 is 10.1 Å². The molecule has 0 unspecified atom stereocenters. The van der Waals surface area contributed by atoms with E-state index in [0.717, 1.165) is 12.5 Å². The molecule has 0 spiro atoms. The van der Waals surface area contributed by atoms with Crippen LogP contribution in [-0.4, -0.2) is 24.2 Å². The number of rotatable bonds is 6. The summed E-state index contributed by atoms with van der Waals surface area (Å²) < 4.78 is 5.31. The van der Waals surface area contributed by atoms with E-state index in [1.807, 2.05) is 17.5 Å². The van der Waals surface area contributed by atoms with Crippen molar-refractivity contribution in [2.45, 2.75) is 64.1 Å². The van der Waals surface area contributed by atoms with Crippen LogP contribution in [0.4, 0.5) is 0 Å². The summed E-state index contributed by atoms with van der Waals surface area (Å²) in [6.45, 7) is 5.15. The lowest BCUT2D eigenvalue weighted by molar-refractivity contribution is 0.0883. The van der Waals surface area contributed by atoms with Crippen molar-refractivity contribution in [1.82, 2.24) is 10.3 Å². The van der Waals surface area contributed by atoms with Crippen LogP contribution in [0.3, 0.4) is 0 Å². The van der Waals surface area contributed by atoms with Crippen LogP contribution in [0.15, 0.2) is 6.20 Å². The zero-order chi connectivity index (χ0) is 13.0. The van der Waals surface area contributed by atoms with Gasteiger partial charge in [-0.25, -0.2) is 4.98 Å². The third-order valence-electron chi connectivity index (χ3n) is 3.95. The number of aromatic nitrogens is 1. The molecular weight excluding hydrogens is 244 g/mol. The van der Waals surface area contributed by atoms with Gasteiger partial charge in [0.1, 0.15) is 0 Å². The minimum atomic E-state index is 0.243. The van der Waals surface area contributed by atoms with Gasteiger partial charge in [0.05, 0.1) is 11.1 Å². The smallest absolute Gasteiger partial charge is 0.0959 e. The van der Waals surface area contributed by atoms with Crippen molar-refractivity contribution in [3.63, 3.8) is 0 Å². The Bertz CT molecular complexity index is 360. The van der Waals surface area contributed by atoms with E-state index in [-0.39, 0.29) is 6.10 Å². The Morgan fingerprint density at radius 3 is 2.83 bits per heavy atom. The van der Waals surface area contributed by atoms with Gasteiger partial charge in [0.25, 0.3) is 0 Å². The van der Waals surface area contributed by atoms with Gasteiger partial charge >= 0.3 is 0 Å². The summed E-state index contributed by atoms with van der Waals surface area (Å²) in [6, 6.07) is 0.368. The van der Waals surface area contributed by atoms with E-state index < -0.39 is 0 Å². The first-order chi connectivity index (χ1) is 8.70. The van der Waals surface area contributed by atoms with Gasteiger partial charge in [0, 0.05) is 36.7 Å². The van der Waals surface area contributed by atoms with E-state index in [1.54, 1.807) is 7.11 Å². The topological polar surface area (TPSA) is 34.1 Å². The quantitative estimate of drug-likeness (QED) is 0.859. The van der Waals surface area contributed by atoms with Gasteiger partial charge in [-0.05, 0) is 26.7 Å². The lowest BCUT2D eigenvalue weighted by atomic mass is 10.1. The number of thiazole rings is 1. The molecule has 1 aliphatic carbocycles. The fraction of sp³-hybridized carbons (Fsp3) is 0.786. The highest BCUT2D eigenvalue weighted by Gasteiger charge is 2.20. The van der Waals surface area contributed by atoms with Crippen molar-refractivity contribution < 1.29 is 4.74 Å². The average Bonchev–Trinajstić information content (AvgIpc) is 3.04. The Morgan fingerprint density at radius 2 is 2.17 bits per heavy atom. The SMILES string of the molecule is CO[C@H](C)[C@H](C)NCc1cnc(C2CCCC2)s1. The average molecular weight is 268 g/mol. The van der Waals surface area contributed by atoms with Gasteiger partial charge in [-0.3, -0.25) is 0 Å². The highest BCUT2D eigenvalue weighted by atomic mass is 32.1. The van der Waals surface area contributed by atoms with Gasteiger partial charge in [0.2, 0.25) is 0 Å². The monoisotopic (exact) mass is 268 g/mol. The van der Waals surface area contributed by atoms with Crippen molar-refractivity contribution in [2.24, 2.45) is 0 Å². The van der Waals surface area contributed by atoms with E-state index >= 15 is 0 Å². The first kappa shape index (κ1) is 14.0. The number of nitrogens with zero attached hydrogens (tertiary/aromatic N) is 1. The summed E-state index contributed by atoms with van der Waals surface area (Å²) in [5.74, 6) is 0.735. The van der Waals surface area contributed by atoms with Crippen LogP contribution in [0.1, 0.15) is 55.3 Å². The maximum absolute atomic E-state index is 5.31. The van der Waals surface area contributed by atoms with Crippen LogP contribution in [-0.2, 0) is 11.3 Å². The highest BCUT2D eigenvalue weighted by molar-refractivity contribution is 7.11. The summed E-state index contributed by atoms with van der Waals surface area (Å²) in [5.41, 5.74) is 0. The van der Waals surface area contributed by atoms with Crippen LogP contribution in [0, 0.1) is 0 Å². The standard InChI is InChI=1S/C14H24N2OS/c1-10(11(2)17-3)15-8-13-9-16-14(18-13)12-6-4-5-7-12/h9-12,15H,4-8H2,1-3H3/t10-,11+/m0/s1. The van der Waals surface area contributed by atoms with E-state index in [1.165, 1.54) is 35.6 Å². The largest absolute Gasteiger partial charge is 0.380 e. The molecule has 1 heterocycles. The third kappa shape index (κ3) is 3.53. The molecule has 2 atom stereocenters. The molecule has 0 radical (unpaired) electrons. The molecule has 1 fully saturated rings. The molecule has 1 N–H and O–H groups in total. The molecular formula is C14H24N2OS. The molecule has 0 bridgehead atoms. The van der Waals surface area contributed by atoms with E-state index in [4.69, 9.17) is 4.74 Å². The molecule has 3 nitrogen and oxygen atoms in total. The molecule has 0 amide bonds. The lowest BCUT2D eigenvalue weighted by Crippen LogP contribution is -2.35. The third-order valence-corrected chi connectivity index (χ3v) is 5.11. The molecule has 102 valence electrons. The first-order valence-corrected chi connectivity index (χ1v) is 7.73. The summed E-state index contributed by atoms with van der Waals surface area (Å²) in [4.78, 5) is 5.93. The normalized spacial score (nSPS) is 20.2. The Labute approximate surface area is 114 Å².